The molecule has 1 amide bonds. The van der Waals surface area contributed by atoms with Crippen molar-refractivity contribution in [3.8, 4) is 17.2 Å². The predicted octanol–water partition coefficient (Wildman–Crippen LogP) is 7.24. The number of halogens is 2. The summed E-state index contributed by atoms with van der Waals surface area (Å²) in [7, 11) is 0. The van der Waals surface area contributed by atoms with Gasteiger partial charge in [0.2, 0.25) is 12.7 Å². The highest BCUT2D eigenvalue weighted by Crippen LogP contribution is 2.46. The fraction of sp³-hybridized carbons (Fsp3) is 0.235. The van der Waals surface area contributed by atoms with Crippen LogP contribution in [0.2, 0.25) is 10.0 Å². The third-order valence-corrected chi connectivity index (χ3v) is 8.33. The van der Waals surface area contributed by atoms with Crippen molar-refractivity contribution in [1.82, 2.24) is 5.32 Å². The van der Waals surface area contributed by atoms with Gasteiger partial charge in [0.05, 0.1) is 6.61 Å². The predicted molar refractivity (Wildman–Crippen MR) is 177 cm³/mol. The number of nitrogens with zero attached hydrogens (tertiary/aromatic N) is 4. The van der Waals surface area contributed by atoms with Gasteiger partial charge in [0.25, 0.3) is 5.91 Å². The van der Waals surface area contributed by atoms with Crippen molar-refractivity contribution in [3.05, 3.63) is 128 Å². The number of carbonyl (C=O) groups is 1. The van der Waals surface area contributed by atoms with Gasteiger partial charge in [-0.25, -0.2) is 4.99 Å². The summed E-state index contributed by atoms with van der Waals surface area (Å²) in [6.07, 6.45) is -0.494. The number of nitrogens with one attached hydrogen (secondary N) is 1. The highest BCUT2D eigenvalue weighted by Gasteiger charge is 2.54. The molecular weight excluding hydrogens is 645 g/mol. The van der Waals surface area contributed by atoms with E-state index in [-0.39, 0.29) is 32.3 Å². The van der Waals surface area contributed by atoms with Crippen molar-refractivity contribution in [1.29, 1.82) is 0 Å². The Morgan fingerprint density at radius 1 is 1.06 bits per heavy atom. The Morgan fingerprint density at radius 3 is 2.66 bits per heavy atom. The summed E-state index contributed by atoms with van der Waals surface area (Å²) < 4.78 is 23.2. The monoisotopic (exact) mass is 673 g/mol. The number of benzene rings is 4. The van der Waals surface area contributed by atoms with E-state index in [1.165, 1.54) is 0 Å². The van der Waals surface area contributed by atoms with E-state index in [1.54, 1.807) is 72.8 Å². The largest absolute Gasteiger partial charge is 0.494 e. The van der Waals surface area contributed by atoms with Crippen LogP contribution in [0.15, 0.2) is 95.0 Å². The van der Waals surface area contributed by atoms with Gasteiger partial charge in [0.15, 0.2) is 23.1 Å². The van der Waals surface area contributed by atoms with Gasteiger partial charge in [0, 0.05) is 57.8 Å². The molecule has 2 atom stereocenters. The van der Waals surface area contributed by atoms with E-state index < -0.39 is 17.6 Å². The van der Waals surface area contributed by atoms with Crippen LogP contribution in [-0.4, -0.2) is 42.5 Å². The molecule has 4 aromatic rings. The molecule has 47 heavy (non-hydrogen) atoms. The zero-order valence-corrected chi connectivity index (χ0v) is 26.4. The molecule has 0 fully saturated rings. The van der Waals surface area contributed by atoms with Gasteiger partial charge in [-0.2, -0.15) is 0 Å². The molecule has 0 unspecified atom stereocenters. The summed E-state index contributed by atoms with van der Waals surface area (Å²) >= 11 is 13.0. The van der Waals surface area contributed by atoms with Crippen LogP contribution in [0.1, 0.15) is 34.8 Å². The minimum atomic E-state index is -1.61. The SMILES string of the molecule is [N-]=[N+]=Nc1ccccc1C[C@@]1(C(=O)NCc2ccc3c(c2)OCO3)N=C(c2ccc(OCCCO)cc2)O[C@@H]1c1ccc(Cl)cc1Cl. The van der Waals surface area contributed by atoms with Crippen molar-refractivity contribution < 1.29 is 28.8 Å². The van der Waals surface area contributed by atoms with Gasteiger partial charge >= 0.3 is 0 Å². The number of aliphatic hydroxyl groups excluding tert-OH is 1. The number of hydrogen-bond acceptors (Lipinski definition) is 8. The van der Waals surface area contributed by atoms with Gasteiger partial charge in [-0.3, -0.25) is 4.79 Å². The number of carbonyl (C=O) groups excluding carboxylic acids is 1. The summed E-state index contributed by atoms with van der Waals surface area (Å²) in [5.41, 5.74) is 10.5. The number of azide groups is 1. The van der Waals surface area contributed by atoms with Crippen LogP contribution in [0.3, 0.4) is 0 Å². The zero-order chi connectivity index (χ0) is 32.8. The van der Waals surface area contributed by atoms with Crippen molar-refractivity contribution >= 4 is 40.7 Å². The Labute approximate surface area is 280 Å². The molecule has 0 saturated heterocycles. The number of aliphatic imine (C=N–C) groups is 1. The molecule has 0 saturated carbocycles. The number of fused-ring (bicyclic) bond motifs is 1. The number of rotatable bonds is 12. The van der Waals surface area contributed by atoms with Gasteiger partial charge in [-0.05, 0) is 65.2 Å². The third kappa shape index (κ3) is 6.94. The van der Waals surface area contributed by atoms with E-state index in [1.807, 2.05) is 12.1 Å². The number of amides is 1. The first kappa shape index (κ1) is 32.0. The molecule has 240 valence electrons. The highest BCUT2D eigenvalue weighted by atomic mass is 35.5. The third-order valence-electron chi connectivity index (χ3n) is 7.77. The van der Waals surface area contributed by atoms with Crippen LogP contribution in [0.25, 0.3) is 10.4 Å². The quantitative estimate of drug-likeness (QED) is 0.0701. The van der Waals surface area contributed by atoms with Crippen LogP contribution in [0, 0.1) is 0 Å². The molecule has 2 heterocycles. The first-order chi connectivity index (χ1) is 22.9. The summed E-state index contributed by atoms with van der Waals surface area (Å²) in [6, 6.07) is 24.5. The molecule has 13 heteroatoms. The standard InChI is InChI=1S/C34H29Cl2N5O6/c35-24-9-12-26(27(36)17-24)31-34(18-23-4-1-2-5-28(23)40-41-37,33(43)38-19-21-6-13-29-30(16-21)46-20-45-29)39-32(47-31)22-7-10-25(11-8-22)44-15-3-14-42/h1-2,4-13,16-17,31,42H,3,14-15,18-20H2,(H,38,43)/t31-,34-/m1/s1. The van der Waals surface area contributed by atoms with Crippen LogP contribution in [0.5, 0.6) is 17.2 Å². The molecule has 0 radical (unpaired) electrons. The van der Waals surface area contributed by atoms with Gasteiger partial charge in [-0.1, -0.05) is 64.7 Å². The topological polar surface area (TPSA) is 147 Å². The lowest BCUT2D eigenvalue weighted by atomic mass is 9.81. The Morgan fingerprint density at radius 2 is 1.87 bits per heavy atom. The lowest BCUT2D eigenvalue weighted by Gasteiger charge is -2.31. The van der Waals surface area contributed by atoms with E-state index in [2.05, 4.69) is 15.3 Å². The Kier molecular flexibility index (Phi) is 9.70. The van der Waals surface area contributed by atoms with Gasteiger partial charge in [-0.15, -0.1) is 0 Å². The van der Waals surface area contributed by atoms with E-state index in [4.69, 9.17) is 52.2 Å². The summed E-state index contributed by atoms with van der Waals surface area (Å²) in [6.45, 7) is 0.675. The summed E-state index contributed by atoms with van der Waals surface area (Å²) in [5, 5.41) is 16.7. The number of ether oxygens (including phenoxy) is 4. The molecule has 4 aromatic carbocycles. The van der Waals surface area contributed by atoms with Gasteiger partial charge in [0.1, 0.15) is 5.75 Å². The van der Waals surface area contributed by atoms with E-state index in [0.717, 1.165) is 5.56 Å². The van der Waals surface area contributed by atoms with Crippen LogP contribution in [-0.2, 0) is 22.5 Å². The van der Waals surface area contributed by atoms with Gasteiger partial charge < -0.3 is 29.4 Å². The maximum Gasteiger partial charge on any atom is 0.252 e. The normalized spacial score (nSPS) is 17.8. The second kappa shape index (κ2) is 14.2. The lowest BCUT2D eigenvalue weighted by molar-refractivity contribution is -0.129. The Balaban J connectivity index is 1.43. The van der Waals surface area contributed by atoms with Crippen molar-refractivity contribution in [2.24, 2.45) is 10.1 Å². The second-order valence-corrected chi connectivity index (χ2v) is 11.7. The highest BCUT2D eigenvalue weighted by molar-refractivity contribution is 6.35. The van der Waals surface area contributed by atoms with E-state index in [9.17, 15) is 10.3 Å². The minimum absolute atomic E-state index is 0.00461. The fourth-order valence-electron chi connectivity index (χ4n) is 5.46. The van der Waals surface area contributed by atoms with Crippen LogP contribution in [0.4, 0.5) is 5.69 Å². The van der Waals surface area contributed by atoms with Crippen LogP contribution < -0.4 is 19.5 Å². The molecular formula is C34H29Cl2N5O6. The maximum atomic E-state index is 14.6. The number of aliphatic hydroxyl groups is 1. The fourth-order valence-corrected chi connectivity index (χ4v) is 5.96. The number of hydrogen-bond donors (Lipinski definition) is 2. The molecule has 0 aliphatic carbocycles. The first-order valence-corrected chi connectivity index (χ1v) is 15.5. The lowest BCUT2D eigenvalue weighted by Crippen LogP contribution is -2.49. The zero-order valence-electron chi connectivity index (χ0n) is 24.9. The maximum absolute atomic E-state index is 14.6. The minimum Gasteiger partial charge on any atom is -0.494 e. The van der Waals surface area contributed by atoms with E-state index in [0.29, 0.717) is 62.7 Å². The molecule has 2 N–H and O–H groups in total. The second-order valence-electron chi connectivity index (χ2n) is 10.8. The van der Waals surface area contributed by atoms with Crippen LogP contribution >= 0.6 is 23.2 Å². The first-order valence-electron chi connectivity index (χ1n) is 14.8. The van der Waals surface area contributed by atoms with Crippen molar-refractivity contribution in [2.75, 3.05) is 20.0 Å². The average Bonchev–Trinajstić information content (AvgIpc) is 3.70. The smallest absolute Gasteiger partial charge is 0.252 e. The molecule has 2 aliphatic heterocycles. The Hall–Kier alpha value is -4.93. The molecule has 2 aliphatic rings. The molecule has 6 rings (SSSR count). The summed E-state index contributed by atoms with van der Waals surface area (Å²) in [5.74, 6) is 1.60. The molecule has 11 nitrogen and oxygen atoms in total. The molecule has 0 aromatic heterocycles. The summed E-state index contributed by atoms with van der Waals surface area (Å²) in [4.78, 5) is 22.6. The van der Waals surface area contributed by atoms with Crippen molar-refractivity contribution in [2.45, 2.75) is 31.0 Å². The Bertz CT molecular complexity index is 1860. The van der Waals surface area contributed by atoms with Crippen molar-refractivity contribution in [3.63, 3.8) is 0 Å². The molecule has 0 spiro atoms. The van der Waals surface area contributed by atoms with E-state index >= 15 is 0 Å². The molecule has 0 bridgehead atoms. The average molecular weight is 675 g/mol.